The minimum atomic E-state index is -1.06. The molecule has 1 nitrogen and oxygen atoms in total. The Morgan fingerprint density at radius 1 is 1.33 bits per heavy atom. The Balaban J connectivity index is 3.17. The van der Waals surface area contributed by atoms with E-state index in [1.165, 1.54) is 0 Å². The number of hydrogen-bond donors (Lipinski definition) is 0. The molecule has 0 fully saturated rings. The topological polar surface area (TPSA) is 9.23 Å². The summed E-state index contributed by atoms with van der Waals surface area (Å²) in [6, 6.07) is 0. The predicted molar refractivity (Wildman–Crippen MR) is 31.6 cm³/mol. The molecule has 0 aliphatic carbocycles. The number of rotatable bonds is 1. The first-order chi connectivity index (χ1) is 2.56. The van der Waals surface area contributed by atoms with Gasteiger partial charge in [0.1, 0.15) is 0 Å². The molecule has 0 bridgehead atoms. The van der Waals surface area contributed by atoms with Gasteiger partial charge in [-0.25, -0.2) is 0 Å². The van der Waals surface area contributed by atoms with Crippen LogP contribution in [0.2, 0.25) is 19.6 Å². The molecule has 0 spiro atoms. The third-order valence-electron chi connectivity index (χ3n) is 0.354. The van der Waals surface area contributed by atoms with E-state index in [1.54, 1.807) is 0 Å². The van der Waals surface area contributed by atoms with E-state index >= 15 is 0 Å². The second-order valence-corrected chi connectivity index (χ2v) is 9.44. The van der Waals surface area contributed by atoms with Crippen LogP contribution in [0.15, 0.2) is 0 Å². The third-order valence-corrected chi connectivity index (χ3v) is 9.31. The Morgan fingerprint density at radius 3 is 1.50 bits per heavy atom. The molecule has 0 aliphatic rings. The molecule has 2 radical (unpaired) electrons. The summed E-state index contributed by atoms with van der Waals surface area (Å²) in [5.74, 6) is 0. The van der Waals surface area contributed by atoms with Crippen molar-refractivity contribution in [3.63, 3.8) is 0 Å². The fraction of sp³-hybridized carbons (Fsp3) is 1.00. The van der Waals surface area contributed by atoms with Crippen LogP contribution < -0.4 is 0 Å². The Morgan fingerprint density at radius 2 is 1.50 bits per heavy atom. The van der Waals surface area contributed by atoms with E-state index in [0.29, 0.717) is 0 Å². The van der Waals surface area contributed by atoms with Gasteiger partial charge in [-0.1, -0.05) is 0 Å². The van der Waals surface area contributed by atoms with Gasteiger partial charge in [0.2, 0.25) is 0 Å². The molecule has 0 aliphatic heterocycles. The zero-order chi connectivity index (χ0) is 5.21. The SMILES string of the molecule is C[Si](C)(C)[O][PbH]. The van der Waals surface area contributed by atoms with Crippen molar-refractivity contribution in [2.75, 3.05) is 0 Å². The van der Waals surface area contributed by atoms with Crippen molar-refractivity contribution >= 4 is 34.5 Å². The third kappa shape index (κ3) is 5.10. The summed E-state index contributed by atoms with van der Waals surface area (Å²) in [5.41, 5.74) is 0. The van der Waals surface area contributed by atoms with Crippen LogP contribution in [0, 0.1) is 0 Å². The predicted octanol–water partition coefficient (Wildman–Crippen LogP) is 0.654. The van der Waals surface area contributed by atoms with Gasteiger partial charge in [0.05, 0.1) is 0 Å². The molecule has 0 rings (SSSR count). The van der Waals surface area contributed by atoms with Crippen LogP contribution in [-0.2, 0) is 2.38 Å². The van der Waals surface area contributed by atoms with E-state index in [-0.39, 0.29) is 0 Å². The van der Waals surface area contributed by atoms with Gasteiger partial charge in [0.25, 0.3) is 0 Å². The minimum absolute atomic E-state index is 0.738. The molecule has 0 aromatic heterocycles. The van der Waals surface area contributed by atoms with Crippen molar-refractivity contribution in [2.45, 2.75) is 19.6 Å². The van der Waals surface area contributed by atoms with Gasteiger partial charge >= 0.3 is 56.6 Å². The second kappa shape index (κ2) is 2.42. The van der Waals surface area contributed by atoms with E-state index in [2.05, 4.69) is 19.6 Å². The van der Waals surface area contributed by atoms with Gasteiger partial charge in [-0.3, -0.25) is 0 Å². The van der Waals surface area contributed by atoms with Gasteiger partial charge in [-0.05, 0) is 0 Å². The fourth-order valence-electron chi connectivity index (χ4n) is 0. The van der Waals surface area contributed by atoms with Gasteiger partial charge in [-0.2, -0.15) is 0 Å². The van der Waals surface area contributed by atoms with E-state index in [4.69, 9.17) is 2.38 Å². The summed E-state index contributed by atoms with van der Waals surface area (Å²) in [5, 5.41) is 0. The summed E-state index contributed by atoms with van der Waals surface area (Å²) in [7, 11) is -1.06. The molecule has 0 N–H and O–H groups in total. The molecular weight excluding hydrogens is 287 g/mol. The summed E-state index contributed by atoms with van der Waals surface area (Å²) in [6.07, 6.45) is 0. The molecule has 36 valence electrons. The molecule has 3 heteroatoms. The molecule has 0 aromatic rings. The molecule has 6 heavy (non-hydrogen) atoms. The molecular formula is C3H10OPbSi. The molecule has 0 amide bonds. The zero-order valence-electron chi connectivity index (χ0n) is 4.49. The summed E-state index contributed by atoms with van der Waals surface area (Å²) in [4.78, 5) is 0. The molecule has 0 atom stereocenters. The van der Waals surface area contributed by atoms with Crippen molar-refractivity contribution in [2.24, 2.45) is 0 Å². The van der Waals surface area contributed by atoms with Crippen LogP contribution in [0.5, 0.6) is 0 Å². The second-order valence-electron chi connectivity index (χ2n) is 2.23. The first kappa shape index (κ1) is 7.10. The summed E-state index contributed by atoms with van der Waals surface area (Å²) >= 11 is 0.738. The van der Waals surface area contributed by atoms with Crippen LogP contribution in [0.3, 0.4) is 0 Å². The van der Waals surface area contributed by atoms with Crippen molar-refractivity contribution in [3.8, 4) is 0 Å². The van der Waals surface area contributed by atoms with Crippen molar-refractivity contribution in [1.82, 2.24) is 0 Å². The van der Waals surface area contributed by atoms with Crippen LogP contribution >= 0.6 is 0 Å². The molecule has 0 unspecified atom stereocenters. The summed E-state index contributed by atoms with van der Waals surface area (Å²) < 4.78 is 5.24. The average molecular weight is 297 g/mol. The molecule has 0 heterocycles. The zero-order valence-corrected chi connectivity index (χ0v) is 9.97. The quantitative estimate of drug-likeness (QED) is 0.646. The van der Waals surface area contributed by atoms with Gasteiger partial charge in [0, 0.05) is 0 Å². The Bertz CT molecular complexity index is 40.5. The van der Waals surface area contributed by atoms with E-state index < -0.39 is 8.32 Å². The first-order valence-electron chi connectivity index (χ1n) is 1.94. The van der Waals surface area contributed by atoms with Crippen LogP contribution in [-0.4, -0.2) is 34.5 Å². The monoisotopic (exact) mass is 298 g/mol. The number of hydrogen-bond acceptors (Lipinski definition) is 1. The van der Waals surface area contributed by atoms with E-state index in [0.717, 1.165) is 26.2 Å². The van der Waals surface area contributed by atoms with E-state index in [1.807, 2.05) is 0 Å². The van der Waals surface area contributed by atoms with Crippen LogP contribution in [0.25, 0.3) is 0 Å². The molecule has 0 aromatic carbocycles. The van der Waals surface area contributed by atoms with E-state index in [9.17, 15) is 0 Å². The van der Waals surface area contributed by atoms with Crippen LogP contribution in [0.1, 0.15) is 0 Å². The average Bonchev–Trinajstić information content (AvgIpc) is 1.35. The van der Waals surface area contributed by atoms with Crippen molar-refractivity contribution < 1.29 is 2.38 Å². The fourth-order valence-corrected chi connectivity index (χ4v) is 0. The Kier molecular flexibility index (Phi) is 2.86. The Hall–Kier alpha value is 1.10. The van der Waals surface area contributed by atoms with Crippen molar-refractivity contribution in [1.29, 1.82) is 0 Å². The van der Waals surface area contributed by atoms with Gasteiger partial charge in [0.15, 0.2) is 0 Å². The normalized spacial score (nSPS) is 12.0. The van der Waals surface area contributed by atoms with Crippen molar-refractivity contribution in [3.05, 3.63) is 0 Å². The Labute approximate surface area is 56.6 Å². The van der Waals surface area contributed by atoms with Gasteiger partial charge in [-0.15, -0.1) is 0 Å². The molecule has 0 saturated heterocycles. The standard InChI is InChI=1S/C3H9OSi.Pb.H/c1-5(2,3)4;;/h1-3H3;;/q-1;+1;. The summed E-state index contributed by atoms with van der Waals surface area (Å²) in [6.45, 7) is 6.60. The molecule has 0 saturated carbocycles. The van der Waals surface area contributed by atoms with Gasteiger partial charge < -0.3 is 0 Å². The maximum absolute atomic E-state index is 5.24. The van der Waals surface area contributed by atoms with Crippen LogP contribution in [0.4, 0.5) is 0 Å². The maximum atomic E-state index is 5.24. The first-order valence-corrected chi connectivity index (χ1v) is 7.18.